The first kappa shape index (κ1) is 9.01. The quantitative estimate of drug-likeness (QED) is 0.634. The number of aliphatic hydroxyl groups is 1. The van der Waals surface area contributed by atoms with Gasteiger partial charge in [-0.25, -0.2) is 0 Å². The van der Waals surface area contributed by atoms with Crippen LogP contribution in [0, 0.1) is 5.92 Å². The molecule has 0 radical (unpaired) electrons. The Morgan fingerprint density at radius 1 is 1.45 bits per heavy atom. The van der Waals surface area contributed by atoms with E-state index in [1.165, 1.54) is 0 Å². The topological polar surface area (TPSA) is 46.2 Å². The molecule has 0 aromatic carbocycles. The van der Waals surface area contributed by atoms with Crippen molar-refractivity contribution in [2.75, 3.05) is 6.54 Å². The molecular formula is C9H19NO. The first-order valence-corrected chi connectivity index (χ1v) is 4.56. The van der Waals surface area contributed by atoms with Crippen LogP contribution in [0.5, 0.6) is 0 Å². The lowest BCUT2D eigenvalue weighted by atomic mass is 9.79. The Balaban J connectivity index is 2.25. The van der Waals surface area contributed by atoms with Crippen molar-refractivity contribution in [1.82, 2.24) is 0 Å². The SMILES string of the molecule is CC1(O)CCC(CCN)CC1. The van der Waals surface area contributed by atoms with E-state index < -0.39 is 0 Å². The van der Waals surface area contributed by atoms with Gasteiger partial charge in [-0.15, -0.1) is 0 Å². The van der Waals surface area contributed by atoms with Crippen molar-refractivity contribution >= 4 is 0 Å². The average Bonchev–Trinajstić information content (AvgIpc) is 1.94. The molecule has 2 nitrogen and oxygen atoms in total. The van der Waals surface area contributed by atoms with Gasteiger partial charge < -0.3 is 10.8 Å². The molecule has 0 atom stereocenters. The average molecular weight is 157 g/mol. The molecule has 1 rings (SSSR count). The van der Waals surface area contributed by atoms with Crippen molar-refractivity contribution in [3.63, 3.8) is 0 Å². The first-order chi connectivity index (χ1) is 5.14. The molecule has 0 amide bonds. The van der Waals surface area contributed by atoms with E-state index >= 15 is 0 Å². The lowest BCUT2D eigenvalue weighted by Gasteiger charge is -2.32. The molecule has 3 N–H and O–H groups in total. The third-order valence-corrected chi connectivity index (χ3v) is 2.76. The van der Waals surface area contributed by atoms with E-state index in [4.69, 9.17) is 5.73 Å². The Kier molecular flexibility index (Phi) is 2.90. The van der Waals surface area contributed by atoms with E-state index in [0.717, 1.165) is 44.6 Å². The first-order valence-electron chi connectivity index (χ1n) is 4.56. The minimum absolute atomic E-state index is 0.384. The normalized spacial score (nSPS) is 39.0. The molecule has 0 spiro atoms. The molecular weight excluding hydrogens is 138 g/mol. The fourth-order valence-electron chi connectivity index (χ4n) is 1.82. The van der Waals surface area contributed by atoms with Gasteiger partial charge in [-0.3, -0.25) is 0 Å². The van der Waals surface area contributed by atoms with Crippen LogP contribution in [0.1, 0.15) is 39.0 Å². The number of hydrogen-bond donors (Lipinski definition) is 2. The van der Waals surface area contributed by atoms with E-state index in [-0.39, 0.29) is 5.60 Å². The summed E-state index contributed by atoms with van der Waals surface area (Å²) in [5.74, 6) is 0.778. The summed E-state index contributed by atoms with van der Waals surface area (Å²) < 4.78 is 0. The van der Waals surface area contributed by atoms with Gasteiger partial charge in [-0.1, -0.05) is 0 Å². The van der Waals surface area contributed by atoms with Gasteiger partial charge in [0.25, 0.3) is 0 Å². The van der Waals surface area contributed by atoms with Gasteiger partial charge in [-0.05, 0) is 51.5 Å². The summed E-state index contributed by atoms with van der Waals surface area (Å²) in [4.78, 5) is 0. The van der Waals surface area contributed by atoms with Crippen molar-refractivity contribution in [1.29, 1.82) is 0 Å². The van der Waals surface area contributed by atoms with Gasteiger partial charge >= 0.3 is 0 Å². The molecule has 1 fully saturated rings. The van der Waals surface area contributed by atoms with Crippen LogP contribution >= 0.6 is 0 Å². The molecule has 1 aliphatic carbocycles. The van der Waals surface area contributed by atoms with Crippen molar-refractivity contribution in [3.05, 3.63) is 0 Å². The predicted molar refractivity (Wildman–Crippen MR) is 46.3 cm³/mol. The van der Waals surface area contributed by atoms with Gasteiger partial charge in [-0.2, -0.15) is 0 Å². The summed E-state index contributed by atoms with van der Waals surface area (Å²) in [6, 6.07) is 0. The fraction of sp³-hybridized carbons (Fsp3) is 1.00. The minimum Gasteiger partial charge on any atom is -0.390 e. The van der Waals surface area contributed by atoms with Crippen LogP contribution in [-0.4, -0.2) is 17.3 Å². The molecule has 0 unspecified atom stereocenters. The molecule has 0 saturated heterocycles. The highest BCUT2D eigenvalue weighted by Gasteiger charge is 2.27. The maximum atomic E-state index is 9.63. The van der Waals surface area contributed by atoms with Crippen LogP contribution < -0.4 is 5.73 Å². The summed E-state index contributed by atoms with van der Waals surface area (Å²) in [5.41, 5.74) is 5.08. The zero-order valence-corrected chi connectivity index (χ0v) is 7.34. The van der Waals surface area contributed by atoms with E-state index in [2.05, 4.69) is 0 Å². The Morgan fingerprint density at radius 2 is 2.00 bits per heavy atom. The molecule has 0 bridgehead atoms. The largest absolute Gasteiger partial charge is 0.390 e. The molecule has 11 heavy (non-hydrogen) atoms. The Hall–Kier alpha value is -0.0800. The van der Waals surface area contributed by atoms with E-state index in [0.29, 0.717) is 0 Å². The van der Waals surface area contributed by atoms with Crippen LogP contribution in [0.3, 0.4) is 0 Å². The van der Waals surface area contributed by atoms with Gasteiger partial charge in [0.15, 0.2) is 0 Å². The molecule has 1 aliphatic rings. The fourth-order valence-corrected chi connectivity index (χ4v) is 1.82. The second-order valence-corrected chi connectivity index (χ2v) is 4.02. The zero-order valence-electron chi connectivity index (χ0n) is 7.34. The van der Waals surface area contributed by atoms with Crippen LogP contribution in [0.2, 0.25) is 0 Å². The highest BCUT2D eigenvalue weighted by atomic mass is 16.3. The summed E-state index contributed by atoms with van der Waals surface area (Å²) in [6.45, 7) is 2.73. The van der Waals surface area contributed by atoms with Gasteiger partial charge in [0.05, 0.1) is 5.60 Å². The van der Waals surface area contributed by atoms with E-state index in [1.54, 1.807) is 0 Å². The number of rotatable bonds is 2. The molecule has 0 aliphatic heterocycles. The van der Waals surface area contributed by atoms with Gasteiger partial charge in [0.1, 0.15) is 0 Å². The highest BCUT2D eigenvalue weighted by molar-refractivity contribution is 4.81. The molecule has 0 heterocycles. The Labute approximate surface area is 68.8 Å². The molecule has 66 valence electrons. The second-order valence-electron chi connectivity index (χ2n) is 4.02. The molecule has 2 heteroatoms. The standard InChI is InChI=1S/C9H19NO/c1-9(11)5-2-8(3-6-9)4-7-10/h8,11H,2-7,10H2,1H3. The summed E-state index contributed by atoms with van der Waals surface area (Å²) in [6.07, 6.45) is 5.36. The minimum atomic E-state index is -0.384. The third kappa shape index (κ3) is 2.80. The number of hydrogen-bond acceptors (Lipinski definition) is 2. The summed E-state index contributed by atoms with van der Waals surface area (Å²) in [5, 5.41) is 9.63. The zero-order chi connectivity index (χ0) is 8.32. The van der Waals surface area contributed by atoms with Crippen LogP contribution in [0.4, 0.5) is 0 Å². The van der Waals surface area contributed by atoms with Crippen molar-refractivity contribution in [3.8, 4) is 0 Å². The second kappa shape index (κ2) is 3.55. The molecule has 1 saturated carbocycles. The monoisotopic (exact) mass is 157 g/mol. The molecule has 0 aromatic rings. The van der Waals surface area contributed by atoms with E-state index in [9.17, 15) is 5.11 Å². The Morgan fingerprint density at radius 3 is 2.45 bits per heavy atom. The smallest absolute Gasteiger partial charge is 0.0620 e. The van der Waals surface area contributed by atoms with E-state index in [1.807, 2.05) is 6.92 Å². The van der Waals surface area contributed by atoms with Crippen LogP contribution in [0.25, 0.3) is 0 Å². The van der Waals surface area contributed by atoms with Crippen molar-refractivity contribution < 1.29 is 5.11 Å². The third-order valence-electron chi connectivity index (χ3n) is 2.76. The van der Waals surface area contributed by atoms with Crippen LogP contribution in [0.15, 0.2) is 0 Å². The van der Waals surface area contributed by atoms with Crippen molar-refractivity contribution in [2.45, 2.75) is 44.6 Å². The lowest BCUT2D eigenvalue weighted by Crippen LogP contribution is -2.30. The van der Waals surface area contributed by atoms with Gasteiger partial charge in [0.2, 0.25) is 0 Å². The summed E-state index contributed by atoms with van der Waals surface area (Å²) >= 11 is 0. The maximum absolute atomic E-state index is 9.63. The lowest BCUT2D eigenvalue weighted by molar-refractivity contribution is 0.00730. The molecule has 0 aromatic heterocycles. The predicted octanol–water partition coefficient (Wildman–Crippen LogP) is 1.28. The highest BCUT2D eigenvalue weighted by Crippen LogP contribution is 2.32. The number of nitrogens with two attached hydrogens (primary N) is 1. The van der Waals surface area contributed by atoms with Crippen molar-refractivity contribution in [2.24, 2.45) is 11.7 Å². The van der Waals surface area contributed by atoms with Crippen LogP contribution in [-0.2, 0) is 0 Å². The van der Waals surface area contributed by atoms with Gasteiger partial charge in [0, 0.05) is 0 Å². The maximum Gasteiger partial charge on any atom is 0.0620 e. The summed E-state index contributed by atoms with van der Waals surface area (Å²) in [7, 11) is 0. The Bertz CT molecular complexity index is 113.